The van der Waals surface area contributed by atoms with Crippen LogP contribution in [0.5, 0.6) is 0 Å². The third-order valence-electron chi connectivity index (χ3n) is 7.43. The number of anilines is 1. The van der Waals surface area contributed by atoms with E-state index in [2.05, 4.69) is 67.5 Å². The molecular weight excluding hydrogens is 452 g/mol. The van der Waals surface area contributed by atoms with Crippen molar-refractivity contribution in [1.82, 2.24) is 20.2 Å². The number of nitrogens with one attached hydrogen (secondary N) is 1. The first-order valence-electron chi connectivity index (χ1n) is 12.6. The fraction of sp³-hybridized carbons (Fsp3) is 0.357. The largest absolute Gasteiger partial charge is 0.478 e. The molecule has 8 nitrogen and oxygen atoms in total. The number of carbonyl (C=O) groups is 1. The molecule has 3 aromatic rings. The summed E-state index contributed by atoms with van der Waals surface area (Å²) in [5.41, 5.74) is 5.69. The summed E-state index contributed by atoms with van der Waals surface area (Å²) in [5.74, 6) is -0.422. The Bertz CT molecular complexity index is 1450. The van der Waals surface area contributed by atoms with Crippen LogP contribution in [0.25, 0.3) is 16.7 Å². The summed E-state index contributed by atoms with van der Waals surface area (Å²) < 4.78 is 0. The molecular formula is C28H30N6O2. The van der Waals surface area contributed by atoms with Gasteiger partial charge >= 0.3 is 5.97 Å². The molecule has 3 aliphatic rings. The molecule has 0 aliphatic carbocycles. The van der Waals surface area contributed by atoms with Gasteiger partial charge in [0.2, 0.25) is 5.95 Å². The van der Waals surface area contributed by atoms with Crippen LogP contribution in [0, 0.1) is 6.92 Å². The number of carboxylic acid groups (broad SMARTS) is 1. The quantitative estimate of drug-likeness (QED) is 0.571. The van der Waals surface area contributed by atoms with Crippen LogP contribution in [0.4, 0.5) is 5.95 Å². The highest BCUT2D eigenvalue weighted by Gasteiger charge is 2.29. The summed E-state index contributed by atoms with van der Waals surface area (Å²) in [5, 5.41) is 15.0. The van der Waals surface area contributed by atoms with Gasteiger partial charge in [0, 0.05) is 57.2 Å². The van der Waals surface area contributed by atoms with Gasteiger partial charge in [-0.3, -0.25) is 9.89 Å². The second-order valence-corrected chi connectivity index (χ2v) is 9.81. The van der Waals surface area contributed by atoms with Gasteiger partial charge in [-0.15, -0.1) is 0 Å². The van der Waals surface area contributed by atoms with E-state index < -0.39 is 5.97 Å². The predicted octanol–water partition coefficient (Wildman–Crippen LogP) is 1.62. The van der Waals surface area contributed by atoms with E-state index in [4.69, 9.17) is 4.99 Å². The second kappa shape index (κ2) is 9.44. The molecule has 2 fully saturated rings. The number of hydrogen-bond acceptors (Lipinski definition) is 7. The number of fused-ring (bicyclic) bond motifs is 2. The molecule has 0 saturated carbocycles. The van der Waals surface area contributed by atoms with Crippen molar-refractivity contribution < 1.29 is 9.90 Å². The number of carboxylic acids is 1. The lowest BCUT2D eigenvalue weighted by atomic mass is 9.97. The maximum absolute atomic E-state index is 11.4. The van der Waals surface area contributed by atoms with Gasteiger partial charge in [-0.2, -0.15) is 0 Å². The summed E-state index contributed by atoms with van der Waals surface area (Å²) in [7, 11) is 0. The van der Waals surface area contributed by atoms with E-state index in [-0.39, 0.29) is 11.6 Å². The van der Waals surface area contributed by atoms with Crippen molar-refractivity contribution in [3.8, 4) is 11.1 Å². The zero-order chi connectivity index (χ0) is 24.6. The molecule has 2 N–H and O–H groups in total. The van der Waals surface area contributed by atoms with E-state index in [0.29, 0.717) is 18.2 Å². The van der Waals surface area contributed by atoms with Gasteiger partial charge in [0.05, 0.1) is 22.7 Å². The molecule has 0 radical (unpaired) electrons. The first-order valence-corrected chi connectivity index (χ1v) is 12.6. The molecule has 0 amide bonds. The summed E-state index contributed by atoms with van der Waals surface area (Å²) in [6.07, 6.45) is 2.30. The number of piperazine rings is 1. The molecule has 0 bridgehead atoms. The summed E-state index contributed by atoms with van der Waals surface area (Å²) >= 11 is 0. The smallest absolute Gasteiger partial charge is 0.339 e. The monoisotopic (exact) mass is 482 g/mol. The maximum Gasteiger partial charge on any atom is 0.339 e. The van der Waals surface area contributed by atoms with Crippen LogP contribution in [0.3, 0.4) is 0 Å². The summed E-state index contributed by atoms with van der Waals surface area (Å²) in [6, 6.07) is 15.7. The average molecular weight is 483 g/mol. The molecule has 0 spiro atoms. The highest BCUT2D eigenvalue weighted by Crippen LogP contribution is 2.26. The maximum atomic E-state index is 11.4. The standard InChI is InChI=1S/C28H30N6O2/c1-18-23(27(35)36)15-30-28(31-18)34-10-7-26-24(17-34)22-14-21(5-6-25(22)32-26)20-4-2-3-19(13-20)16-33-11-8-29-9-12-33/h2-6,13-15,26,29H,7-12,16-17H2,1H3,(H,35,36). The number of aromatic nitrogens is 2. The Morgan fingerprint density at radius 1 is 1.11 bits per heavy atom. The van der Waals surface area contributed by atoms with Crippen molar-refractivity contribution in [1.29, 1.82) is 0 Å². The van der Waals surface area contributed by atoms with Crippen molar-refractivity contribution in [2.75, 3.05) is 44.2 Å². The molecule has 8 heteroatoms. The van der Waals surface area contributed by atoms with Gasteiger partial charge in [0.1, 0.15) is 0 Å². The molecule has 1 atom stereocenters. The number of rotatable bonds is 5. The fourth-order valence-electron chi connectivity index (χ4n) is 5.47. The van der Waals surface area contributed by atoms with E-state index in [9.17, 15) is 9.90 Å². The van der Waals surface area contributed by atoms with Crippen molar-refractivity contribution in [2.45, 2.75) is 25.9 Å². The lowest BCUT2D eigenvalue weighted by molar-refractivity contribution is 0.0695. The zero-order valence-electron chi connectivity index (χ0n) is 20.4. The highest BCUT2D eigenvalue weighted by atomic mass is 16.4. The number of piperidine rings is 1. The van der Waals surface area contributed by atoms with Crippen LogP contribution in [-0.4, -0.2) is 71.3 Å². The first-order chi connectivity index (χ1) is 17.5. The van der Waals surface area contributed by atoms with E-state index in [0.717, 1.165) is 51.0 Å². The number of hydrogen-bond donors (Lipinski definition) is 2. The topological polar surface area (TPSA) is 94.0 Å². The number of aryl methyl sites for hydroxylation is 1. The van der Waals surface area contributed by atoms with Crippen LogP contribution in [-0.2, 0) is 6.54 Å². The lowest BCUT2D eigenvalue weighted by Gasteiger charge is -2.31. The number of aromatic carboxylic acids is 1. The van der Waals surface area contributed by atoms with Crippen LogP contribution in [0.2, 0.25) is 0 Å². The molecule has 2 aromatic carbocycles. The van der Waals surface area contributed by atoms with Gasteiger partial charge in [0.25, 0.3) is 0 Å². The van der Waals surface area contributed by atoms with E-state index >= 15 is 0 Å². The Kier molecular flexibility index (Phi) is 5.99. The fourth-order valence-corrected chi connectivity index (χ4v) is 5.47. The average Bonchev–Trinajstić information content (AvgIpc) is 3.26. The van der Waals surface area contributed by atoms with E-state index in [1.165, 1.54) is 33.7 Å². The van der Waals surface area contributed by atoms with Crippen LogP contribution in [0.1, 0.15) is 28.0 Å². The van der Waals surface area contributed by atoms with Crippen LogP contribution < -0.4 is 20.8 Å². The molecule has 1 aromatic heterocycles. The Morgan fingerprint density at radius 2 is 1.94 bits per heavy atom. The minimum Gasteiger partial charge on any atom is -0.478 e. The van der Waals surface area contributed by atoms with E-state index in [1.807, 2.05) is 0 Å². The molecule has 184 valence electrons. The molecule has 3 aliphatic heterocycles. The van der Waals surface area contributed by atoms with Crippen LogP contribution in [0.15, 0.2) is 53.7 Å². The SMILES string of the molecule is Cc1nc(N2CCC3N=c4ccc(-c5cccc(CN6CCNCC6)c5)cc4=C3C2)ncc1C(=O)O. The van der Waals surface area contributed by atoms with Gasteiger partial charge in [-0.1, -0.05) is 24.3 Å². The van der Waals surface area contributed by atoms with Gasteiger partial charge in [-0.25, -0.2) is 14.8 Å². The molecule has 4 heterocycles. The van der Waals surface area contributed by atoms with Crippen molar-refractivity contribution in [2.24, 2.45) is 4.99 Å². The van der Waals surface area contributed by atoms with Crippen molar-refractivity contribution in [3.63, 3.8) is 0 Å². The Hall–Kier alpha value is -3.62. The van der Waals surface area contributed by atoms with Gasteiger partial charge in [0.15, 0.2) is 0 Å². The lowest BCUT2D eigenvalue weighted by Crippen LogP contribution is -2.42. The van der Waals surface area contributed by atoms with Crippen molar-refractivity contribution in [3.05, 3.63) is 76.1 Å². The van der Waals surface area contributed by atoms with Gasteiger partial charge < -0.3 is 15.3 Å². The van der Waals surface area contributed by atoms with Crippen LogP contribution >= 0.6 is 0 Å². The summed E-state index contributed by atoms with van der Waals surface area (Å²) in [4.78, 5) is 29.8. The zero-order valence-corrected chi connectivity index (χ0v) is 20.4. The van der Waals surface area contributed by atoms with E-state index in [1.54, 1.807) is 6.92 Å². The number of nitrogens with zero attached hydrogens (tertiary/aromatic N) is 5. The Balaban J connectivity index is 1.29. The highest BCUT2D eigenvalue weighted by molar-refractivity contribution is 5.88. The Labute approximate surface area is 210 Å². The van der Waals surface area contributed by atoms with Gasteiger partial charge in [-0.05, 0) is 53.8 Å². The molecule has 36 heavy (non-hydrogen) atoms. The molecule has 2 saturated heterocycles. The molecule has 1 unspecified atom stereocenters. The minimum absolute atomic E-state index is 0.145. The third-order valence-corrected chi connectivity index (χ3v) is 7.43. The summed E-state index contributed by atoms with van der Waals surface area (Å²) in [6.45, 7) is 8.46. The predicted molar refractivity (Wildman–Crippen MR) is 139 cm³/mol. The normalized spacial score (nSPS) is 19.5. The Morgan fingerprint density at radius 3 is 2.75 bits per heavy atom. The first kappa shape index (κ1) is 22.8. The van der Waals surface area contributed by atoms with Crippen molar-refractivity contribution >= 4 is 17.5 Å². The minimum atomic E-state index is -1.000. The third kappa shape index (κ3) is 4.38. The second-order valence-electron chi connectivity index (χ2n) is 9.81. The molecule has 6 rings (SSSR count). The number of benzene rings is 2.